The van der Waals surface area contributed by atoms with Crippen LogP contribution in [0.3, 0.4) is 0 Å². The van der Waals surface area contributed by atoms with Gasteiger partial charge in [0.2, 0.25) is 21.9 Å². The van der Waals surface area contributed by atoms with Gasteiger partial charge in [-0.25, -0.2) is 17.8 Å². The summed E-state index contributed by atoms with van der Waals surface area (Å²) < 4.78 is 44.5. The summed E-state index contributed by atoms with van der Waals surface area (Å²) in [6.45, 7) is 1.64. The van der Waals surface area contributed by atoms with Gasteiger partial charge in [-0.15, -0.1) is 0 Å². The Labute approximate surface area is 163 Å². The highest BCUT2D eigenvalue weighted by atomic mass is 32.2. The number of hydrogen-bond acceptors (Lipinski definition) is 8. The van der Waals surface area contributed by atoms with Crippen molar-refractivity contribution in [2.24, 2.45) is 0 Å². The summed E-state index contributed by atoms with van der Waals surface area (Å²) in [6.07, 6.45) is 2.71. The molecule has 4 atom stereocenters. The first kappa shape index (κ1) is 20.7. The summed E-state index contributed by atoms with van der Waals surface area (Å²) in [5.41, 5.74) is -0.884. The lowest BCUT2D eigenvalue weighted by Gasteiger charge is -2.33. The highest BCUT2D eigenvalue weighted by Crippen LogP contribution is 2.33. The van der Waals surface area contributed by atoms with E-state index in [9.17, 15) is 23.2 Å². The van der Waals surface area contributed by atoms with E-state index in [2.05, 4.69) is 15.3 Å². The second-order valence-electron chi connectivity index (χ2n) is 7.56. The Morgan fingerprint density at radius 3 is 2.82 bits per heavy atom. The van der Waals surface area contributed by atoms with Crippen LogP contribution < -0.4 is 10.1 Å². The lowest BCUT2D eigenvalue weighted by molar-refractivity contribution is -0.0271. The average Bonchev–Trinajstić information content (AvgIpc) is 2.94. The molecule has 0 spiro atoms. The fourth-order valence-corrected chi connectivity index (χ4v) is 4.40. The molecule has 28 heavy (non-hydrogen) atoms. The number of rotatable bonds is 5. The molecule has 1 aromatic heterocycles. The third kappa shape index (κ3) is 4.51. The first-order valence-corrected chi connectivity index (χ1v) is 11.0. The second kappa shape index (κ2) is 7.77. The fraction of sp³-hybridized carbons (Fsp3) is 0.706. The van der Waals surface area contributed by atoms with Crippen LogP contribution in [-0.4, -0.2) is 71.1 Å². The highest BCUT2D eigenvalue weighted by molar-refractivity contribution is 7.88. The first-order valence-electron chi connectivity index (χ1n) is 9.12. The van der Waals surface area contributed by atoms with Crippen LogP contribution in [-0.2, 0) is 10.0 Å². The monoisotopic (exact) mass is 413 g/mol. The molecule has 1 aliphatic heterocycles. The molecule has 0 bridgehead atoms. The molecule has 1 saturated carbocycles. The summed E-state index contributed by atoms with van der Waals surface area (Å²) in [5.74, 6) is 0.128. The van der Waals surface area contributed by atoms with Gasteiger partial charge in [-0.2, -0.15) is 14.6 Å². The molecule has 2 fully saturated rings. The van der Waals surface area contributed by atoms with Gasteiger partial charge in [-0.05, 0) is 32.6 Å². The number of hydrogen-bond donors (Lipinski definition) is 2. The number of sulfonamides is 1. The van der Waals surface area contributed by atoms with E-state index in [1.807, 2.05) is 6.07 Å². The molecule has 3 rings (SSSR count). The molecular formula is C17H24FN5O4S. The lowest BCUT2D eigenvalue weighted by atomic mass is 10.0. The van der Waals surface area contributed by atoms with E-state index in [0.717, 1.165) is 17.0 Å². The molecule has 9 nitrogen and oxygen atoms in total. The van der Waals surface area contributed by atoms with Crippen LogP contribution in [0.5, 0.6) is 5.88 Å². The number of ether oxygens (including phenoxy) is 1. The molecule has 0 aromatic carbocycles. The van der Waals surface area contributed by atoms with Gasteiger partial charge in [0, 0.05) is 13.1 Å². The molecule has 1 saturated heterocycles. The summed E-state index contributed by atoms with van der Waals surface area (Å²) in [5, 5.41) is 22.5. The predicted octanol–water partition coefficient (Wildman–Crippen LogP) is 0.814. The van der Waals surface area contributed by atoms with Crippen molar-refractivity contribution in [3.8, 4) is 11.9 Å². The third-order valence-electron chi connectivity index (χ3n) is 5.26. The molecule has 2 aliphatic rings. The van der Waals surface area contributed by atoms with Gasteiger partial charge >= 0.3 is 0 Å². The van der Waals surface area contributed by atoms with Gasteiger partial charge in [0.15, 0.2) is 0 Å². The van der Waals surface area contributed by atoms with Gasteiger partial charge in [-0.1, -0.05) is 0 Å². The minimum atomic E-state index is -3.44. The van der Waals surface area contributed by atoms with Crippen molar-refractivity contribution >= 4 is 16.0 Å². The number of halogens is 1. The third-order valence-corrected chi connectivity index (χ3v) is 6.53. The van der Waals surface area contributed by atoms with Crippen LogP contribution in [0, 0.1) is 11.3 Å². The Morgan fingerprint density at radius 1 is 1.50 bits per heavy atom. The van der Waals surface area contributed by atoms with Crippen molar-refractivity contribution < 1.29 is 22.7 Å². The lowest BCUT2D eigenvalue weighted by Crippen LogP contribution is -2.49. The molecule has 1 aromatic rings. The smallest absolute Gasteiger partial charge is 0.236 e. The van der Waals surface area contributed by atoms with E-state index in [-0.39, 0.29) is 36.9 Å². The van der Waals surface area contributed by atoms with Crippen molar-refractivity contribution in [3.63, 3.8) is 0 Å². The van der Waals surface area contributed by atoms with E-state index in [1.54, 1.807) is 6.92 Å². The maximum Gasteiger partial charge on any atom is 0.236 e. The Kier molecular flexibility index (Phi) is 5.74. The largest absolute Gasteiger partial charge is 0.470 e. The van der Waals surface area contributed by atoms with E-state index in [4.69, 9.17) is 4.74 Å². The molecular weight excluding hydrogens is 389 g/mol. The zero-order chi connectivity index (χ0) is 20.5. The van der Waals surface area contributed by atoms with Crippen LogP contribution >= 0.6 is 0 Å². The van der Waals surface area contributed by atoms with Crippen molar-refractivity contribution in [1.82, 2.24) is 14.3 Å². The number of nitriles is 1. The van der Waals surface area contributed by atoms with Crippen molar-refractivity contribution in [2.75, 3.05) is 24.7 Å². The van der Waals surface area contributed by atoms with E-state index < -0.39 is 33.9 Å². The van der Waals surface area contributed by atoms with E-state index in [1.165, 1.54) is 6.20 Å². The second-order valence-corrected chi connectivity index (χ2v) is 9.54. The van der Waals surface area contributed by atoms with Crippen LogP contribution in [0.2, 0.25) is 0 Å². The van der Waals surface area contributed by atoms with Crippen molar-refractivity contribution in [1.29, 1.82) is 5.26 Å². The Balaban J connectivity index is 1.72. The molecule has 2 heterocycles. The number of nitrogens with one attached hydrogen (secondary N) is 1. The molecule has 2 N–H and O–H groups in total. The Bertz CT molecular complexity index is 873. The van der Waals surface area contributed by atoms with Crippen LogP contribution in [0.15, 0.2) is 6.20 Å². The van der Waals surface area contributed by atoms with E-state index in [0.29, 0.717) is 12.8 Å². The Morgan fingerprint density at radius 2 is 2.25 bits per heavy atom. The SMILES string of the molecule is C[C@]1(O)CCC[C@H]1Oc1nc(NC2CCN(S(C)(=O)=O)CC2F)ncc1C#N. The average molecular weight is 413 g/mol. The maximum absolute atomic E-state index is 14.4. The maximum atomic E-state index is 14.4. The normalized spacial score (nSPS) is 31.3. The summed E-state index contributed by atoms with van der Waals surface area (Å²) in [7, 11) is -3.44. The van der Waals surface area contributed by atoms with Crippen LogP contribution in [0.4, 0.5) is 10.3 Å². The zero-order valence-electron chi connectivity index (χ0n) is 15.8. The fourth-order valence-electron chi connectivity index (χ4n) is 3.55. The standard InChI is InChI=1S/C17H24FN5O4S/c1-17(24)6-3-4-14(17)27-15-11(8-19)9-20-16(22-15)21-13-5-7-23(10-12(13)18)28(2,25)26/h9,12-14,24H,3-7,10H2,1-2H3,(H,20,21,22)/t12?,13?,14-,17+/m1/s1. The number of anilines is 1. The first-order chi connectivity index (χ1) is 13.1. The minimum absolute atomic E-state index is 0.0381. The van der Waals surface area contributed by atoms with Gasteiger partial charge in [-0.3, -0.25) is 0 Å². The Hall–Kier alpha value is -2.03. The number of aliphatic hydroxyl groups is 1. The number of piperidine rings is 1. The molecule has 154 valence electrons. The number of alkyl halides is 1. The molecule has 0 amide bonds. The topological polar surface area (TPSA) is 128 Å². The van der Waals surface area contributed by atoms with Gasteiger partial charge in [0.1, 0.15) is 23.9 Å². The summed E-state index contributed by atoms with van der Waals surface area (Å²) >= 11 is 0. The minimum Gasteiger partial charge on any atom is -0.470 e. The quantitative estimate of drug-likeness (QED) is 0.726. The molecule has 2 unspecified atom stereocenters. The summed E-state index contributed by atoms with van der Waals surface area (Å²) in [6, 6.07) is 1.29. The highest BCUT2D eigenvalue weighted by Gasteiger charge is 2.39. The van der Waals surface area contributed by atoms with Gasteiger partial charge in [0.05, 0.1) is 24.1 Å². The zero-order valence-corrected chi connectivity index (χ0v) is 16.6. The van der Waals surface area contributed by atoms with Crippen molar-refractivity contribution in [3.05, 3.63) is 11.8 Å². The molecule has 11 heteroatoms. The van der Waals surface area contributed by atoms with E-state index >= 15 is 0 Å². The molecule has 1 aliphatic carbocycles. The van der Waals surface area contributed by atoms with Gasteiger partial charge in [0.25, 0.3) is 0 Å². The number of aromatic nitrogens is 2. The predicted molar refractivity (Wildman–Crippen MR) is 99.0 cm³/mol. The van der Waals surface area contributed by atoms with Gasteiger partial charge < -0.3 is 15.2 Å². The van der Waals surface area contributed by atoms with Crippen LogP contribution in [0.25, 0.3) is 0 Å². The van der Waals surface area contributed by atoms with Crippen LogP contribution in [0.1, 0.15) is 38.2 Å². The summed E-state index contributed by atoms with van der Waals surface area (Å²) in [4.78, 5) is 8.22. The number of nitrogens with zero attached hydrogens (tertiary/aromatic N) is 4. The van der Waals surface area contributed by atoms with Crippen molar-refractivity contribution in [2.45, 2.75) is 56.5 Å². The molecule has 0 radical (unpaired) electrons.